The third kappa shape index (κ3) is 28.7. The second kappa shape index (κ2) is 33.2. The van der Waals surface area contributed by atoms with Crippen LogP contribution in [0.3, 0.4) is 0 Å². The van der Waals surface area contributed by atoms with Crippen molar-refractivity contribution in [2.24, 2.45) is 17.8 Å². The Morgan fingerprint density at radius 2 is 1.27 bits per heavy atom. The number of carbonyl (C=O) groups excluding carboxylic acids is 3. The van der Waals surface area contributed by atoms with Gasteiger partial charge in [-0.1, -0.05) is 168 Å². The Kier molecular flexibility index (Phi) is 31.1. The zero-order valence-corrected chi connectivity index (χ0v) is 36.3. The van der Waals surface area contributed by atoms with Gasteiger partial charge >= 0.3 is 19.8 Å². The Morgan fingerprint density at radius 3 is 1.82 bits per heavy atom. The van der Waals surface area contributed by atoms with Gasteiger partial charge in [-0.15, -0.1) is 0 Å². The second-order valence-electron chi connectivity index (χ2n) is 16.4. The summed E-state index contributed by atoms with van der Waals surface area (Å²) in [5, 5.41) is 20.7. The first-order chi connectivity index (χ1) is 26.9. The summed E-state index contributed by atoms with van der Waals surface area (Å²) in [4.78, 5) is 55.6. The molecule has 12 heteroatoms. The van der Waals surface area contributed by atoms with E-state index in [1.165, 1.54) is 77.0 Å². The van der Waals surface area contributed by atoms with E-state index in [0.717, 1.165) is 57.3 Å². The van der Waals surface area contributed by atoms with Crippen LogP contribution in [0.15, 0.2) is 12.2 Å². The summed E-state index contributed by atoms with van der Waals surface area (Å²) in [5.74, 6) is -0.756. The van der Waals surface area contributed by atoms with Crippen LogP contribution in [0.25, 0.3) is 0 Å². The van der Waals surface area contributed by atoms with Gasteiger partial charge in [0.25, 0.3) is 0 Å². The molecule has 56 heavy (non-hydrogen) atoms. The maximum Gasteiger partial charge on any atom is 0.469 e. The number of unbranched alkanes of at least 4 members (excludes halogenated alkanes) is 18. The number of hydrogen-bond acceptors (Lipinski definition) is 9. The fourth-order valence-electron chi connectivity index (χ4n) is 7.43. The molecule has 0 spiro atoms. The molecule has 0 saturated heterocycles. The molecule has 1 rings (SSSR count). The number of phosphoric ester groups is 1. The van der Waals surface area contributed by atoms with Crippen molar-refractivity contribution in [1.29, 1.82) is 0 Å². The lowest BCUT2D eigenvalue weighted by molar-refractivity contribution is -0.161. The van der Waals surface area contributed by atoms with E-state index < -0.39 is 50.6 Å². The number of ether oxygens (including phenoxy) is 2. The minimum Gasteiger partial charge on any atom is -0.462 e. The van der Waals surface area contributed by atoms with Crippen molar-refractivity contribution in [1.82, 2.24) is 0 Å². The lowest BCUT2D eigenvalue weighted by atomic mass is 9.88. The van der Waals surface area contributed by atoms with E-state index in [1.807, 2.05) is 0 Å². The molecule has 0 aromatic carbocycles. The maximum absolute atomic E-state index is 12.5. The van der Waals surface area contributed by atoms with Crippen LogP contribution in [0.5, 0.6) is 0 Å². The topological polar surface area (TPSA) is 177 Å². The van der Waals surface area contributed by atoms with E-state index in [0.29, 0.717) is 32.1 Å². The van der Waals surface area contributed by atoms with Gasteiger partial charge in [0.05, 0.1) is 18.8 Å². The molecule has 4 N–H and O–H groups in total. The fraction of sp³-hybridized carbons (Fsp3) is 0.886. The number of aliphatic hydroxyl groups is 2. The van der Waals surface area contributed by atoms with Gasteiger partial charge in [0, 0.05) is 25.2 Å². The Balaban J connectivity index is 2.21. The summed E-state index contributed by atoms with van der Waals surface area (Å²) in [6.45, 7) is 5.77. The average Bonchev–Trinajstić information content (AvgIpc) is 3.43. The molecule has 6 atom stereocenters. The standard InChI is InChI=1S/C44H81O11P/c1-4-6-21-27-37(45)31-32-40-39(41(46)33-42(40)47)28-23-19-20-25-30-44(49)55-38(35-54-56(50,51)52)34-53-43(48)29-24-18-16-14-12-10-8-7-9-11-13-15-17-22-26-36(3)5-2/h31-32,36-41,45-46H,4-30,33-35H2,1-3H3,(H2,50,51,52)/b32-31+/t36?,37-,38+,39+,40+,41-/m0/s1. The molecule has 1 fully saturated rings. The van der Waals surface area contributed by atoms with Gasteiger partial charge in [-0.25, -0.2) is 4.57 Å². The van der Waals surface area contributed by atoms with Crippen LogP contribution in [0, 0.1) is 17.8 Å². The molecule has 1 unspecified atom stereocenters. The summed E-state index contributed by atoms with van der Waals surface area (Å²) >= 11 is 0. The van der Waals surface area contributed by atoms with Crippen molar-refractivity contribution in [3.63, 3.8) is 0 Å². The minimum atomic E-state index is -4.82. The van der Waals surface area contributed by atoms with Crippen molar-refractivity contribution < 1.29 is 52.9 Å². The largest absolute Gasteiger partial charge is 0.469 e. The molecule has 328 valence electrons. The highest BCUT2D eigenvalue weighted by molar-refractivity contribution is 7.46. The van der Waals surface area contributed by atoms with E-state index >= 15 is 0 Å². The van der Waals surface area contributed by atoms with Crippen molar-refractivity contribution in [3.8, 4) is 0 Å². The Bertz CT molecular complexity index is 1090. The summed E-state index contributed by atoms with van der Waals surface area (Å²) in [7, 11) is -4.82. The summed E-state index contributed by atoms with van der Waals surface area (Å²) in [6, 6.07) is 0. The molecule has 1 aliphatic carbocycles. The SMILES string of the molecule is CCCCC[C@H](O)/C=C/[C@H]1C(=O)C[C@H](O)[C@@H]1CCCCCCC(=O)O[C@H](COC(=O)CCCCCCCCCCCCCCCCC(C)CC)COP(=O)(O)O. The van der Waals surface area contributed by atoms with Crippen molar-refractivity contribution in [2.75, 3.05) is 13.2 Å². The van der Waals surface area contributed by atoms with Crippen molar-refractivity contribution in [2.45, 2.75) is 219 Å². The molecule has 1 saturated carbocycles. The molecular weight excluding hydrogens is 735 g/mol. The van der Waals surface area contributed by atoms with E-state index in [4.69, 9.17) is 19.3 Å². The van der Waals surface area contributed by atoms with E-state index in [1.54, 1.807) is 12.2 Å². The molecule has 0 bridgehead atoms. The number of Topliss-reactive ketones (excluding diaryl/α,β-unsaturated/α-hetero) is 1. The molecule has 0 radical (unpaired) electrons. The van der Waals surface area contributed by atoms with Crippen LogP contribution in [-0.2, 0) is 32.9 Å². The number of ketones is 1. The van der Waals surface area contributed by atoms with Crippen LogP contribution < -0.4 is 0 Å². The fourth-order valence-corrected chi connectivity index (χ4v) is 7.79. The Morgan fingerprint density at radius 1 is 0.750 bits per heavy atom. The van der Waals surface area contributed by atoms with Gasteiger partial charge in [0.15, 0.2) is 6.10 Å². The summed E-state index contributed by atoms with van der Waals surface area (Å²) < 4.78 is 26.4. The van der Waals surface area contributed by atoms with Gasteiger partial charge in [-0.3, -0.25) is 18.9 Å². The normalized spacial score (nSPS) is 19.1. The molecule has 0 heterocycles. The predicted octanol–water partition coefficient (Wildman–Crippen LogP) is 10.2. The lowest BCUT2D eigenvalue weighted by Crippen LogP contribution is -2.29. The van der Waals surface area contributed by atoms with Gasteiger partial charge in [0.2, 0.25) is 0 Å². The molecular formula is C44H81O11P. The quantitative estimate of drug-likeness (QED) is 0.0203. The number of hydrogen-bond donors (Lipinski definition) is 4. The molecule has 0 amide bonds. The smallest absolute Gasteiger partial charge is 0.462 e. The highest BCUT2D eigenvalue weighted by atomic mass is 31.2. The predicted molar refractivity (Wildman–Crippen MR) is 222 cm³/mol. The van der Waals surface area contributed by atoms with E-state index in [-0.39, 0.29) is 37.6 Å². The molecule has 0 aromatic heterocycles. The van der Waals surface area contributed by atoms with Crippen LogP contribution in [-0.4, -0.2) is 69.2 Å². The van der Waals surface area contributed by atoms with Crippen LogP contribution >= 0.6 is 7.82 Å². The minimum absolute atomic E-state index is 0.00420. The highest BCUT2D eigenvalue weighted by Gasteiger charge is 2.39. The average molecular weight is 817 g/mol. The molecule has 1 aliphatic rings. The Hall–Kier alpha value is -1.62. The number of carbonyl (C=O) groups is 3. The lowest BCUT2D eigenvalue weighted by Gasteiger charge is -2.19. The van der Waals surface area contributed by atoms with Gasteiger partial charge < -0.3 is 29.5 Å². The summed E-state index contributed by atoms with van der Waals surface area (Å²) in [5.41, 5.74) is 0. The van der Waals surface area contributed by atoms with Crippen LogP contribution in [0.1, 0.15) is 201 Å². The molecule has 11 nitrogen and oxygen atoms in total. The zero-order valence-electron chi connectivity index (χ0n) is 35.4. The zero-order chi connectivity index (χ0) is 41.4. The van der Waals surface area contributed by atoms with E-state index in [2.05, 4.69) is 25.3 Å². The number of rotatable bonds is 37. The van der Waals surface area contributed by atoms with Crippen LogP contribution in [0.4, 0.5) is 0 Å². The van der Waals surface area contributed by atoms with Crippen molar-refractivity contribution in [3.05, 3.63) is 12.2 Å². The number of esters is 2. The second-order valence-corrected chi connectivity index (χ2v) is 17.7. The van der Waals surface area contributed by atoms with Crippen molar-refractivity contribution >= 4 is 25.5 Å². The first-order valence-electron chi connectivity index (χ1n) is 22.5. The van der Waals surface area contributed by atoms with Gasteiger partial charge in [-0.05, 0) is 37.5 Å². The third-order valence-electron chi connectivity index (χ3n) is 11.2. The summed E-state index contributed by atoms with van der Waals surface area (Å²) in [6.07, 6.45) is 28.3. The number of aliphatic hydroxyl groups excluding tert-OH is 2. The van der Waals surface area contributed by atoms with Gasteiger partial charge in [-0.2, -0.15) is 0 Å². The maximum atomic E-state index is 12.5. The molecule has 0 aliphatic heterocycles. The third-order valence-corrected chi connectivity index (χ3v) is 11.7. The Labute approximate surface area is 339 Å². The number of phosphoric acid groups is 1. The first kappa shape index (κ1) is 52.4. The first-order valence-corrected chi connectivity index (χ1v) is 24.0. The van der Waals surface area contributed by atoms with Crippen LogP contribution in [0.2, 0.25) is 0 Å². The van der Waals surface area contributed by atoms with E-state index in [9.17, 15) is 29.2 Å². The highest BCUT2D eigenvalue weighted by Crippen LogP contribution is 2.36. The number of allylic oxidation sites excluding steroid dienone is 1. The van der Waals surface area contributed by atoms with Gasteiger partial charge in [0.1, 0.15) is 12.4 Å². The monoisotopic (exact) mass is 817 g/mol. The molecule has 0 aromatic rings.